The number of nitrogens with zero attached hydrogens (tertiary/aromatic N) is 1. The molecule has 0 N–H and O–H groups in total. The van der Waals surface area contributed by atoms with Crippen molar-refractivity contribution in [3.05, 3.63) is 199 Å². The summed E-state index contributed by atoms with van der Waals surface area (Å²) >= 11 is 0. The van der Waals surface area contributed by atoms with Crippen LogP contribution in [0.25, 0.3) is 76.9 Å². The Morgan fingerprint density at radius 3 is 1.93 bits per heavy atom. The number of fused-ring (bicyclic) bond motifs is 9. The summed E-state index contributed by atoms with van der Waals surface area (Å²) in [6, 6.07) is 68.3. The smallest absolute Gasteiger partial charge is 0.137 e. The van der Waals surface area contributed by atoms with Crippen molar-refractivity contribution in [1.82, 2.24) is 0 Å². The minimum absolute atomic E-state index is 0.133. The molecule has 0 radical (unpaired) electrons. The van der Waals surface area contributed by atoms with Gasteiger partial charge in [0, 0.05) is 21.9 Å². The maximum atomic E-state index is 6.45. The molecule has 0 saturated carbocycles. The monoisotopic (exact) mass is 703 g/mol. The average molecular weight is 704 g/mol. The van der Waals surface area contributed by atoms with Gasteiger partial charge in [-0.2, -0.15) is 0 Å². The van der Waals surface area contributed by atoms with Crippen LogP contribution in [0, 0.1) is 0 Å². The fourth-order valence-corrected chi connectivity index (χ4v) is 9.37. The molecule has 11 rings (SSSR count). The summed E-state index contributed by atoms with van der Waals surface area (Å²) in [6.07, 6.45) is 0. The third-order valence-corrected chi connectivity index (χ3v) is 11.8. The van der Waals surface area contributed by atoms with Gasteiger partial charge in [0.25, 0.3) is 0 Å². The molecule has 1 heterocycles. The van der Waals surface area contributed by atoms with Gasteiger partial charge < -0.3 is 9.32 Å². The van der Waals surface area contributed by atoms with Crippen molar-refractivity contribution < 1.29 is 4.42 Å². The van der Waals surface area contributed by atoms with Crippen LogP contribution in [-0.2, 0) is 5.41 Å². The second-order valence-corrected chi connectivity index (χ2v) is 15.2. The average Bonchev–Trinajstić information content (AvgIpc) is 3.74. The van der Waals surface area contributed by atoms with Crippen LogP contribution in [0.1, 0.15) is 25.0 Å². The van der Waals surface area contributed by atoms with Gasteiger partial charge in [-0.15, -0.1) is 0 Å². The van der Waals surface area contributed by atoms with Crippen LogP contribution >= 0.6 is 0 Å². The predicted molar refractivity (Wildman–Crippen MR) is 232 cm³/mol. The summed E-state index contributed by atoms with van der Waals surface area (Å²) in [7, 11) is 0. The van der Waals surface area contributed by atoms with Crippen LogP contribution in [0.2, 0.25) is 0 Å². The normalized spacial score (nSPS) is 13.1. The topological polar surface area (TPSA) is 16.4 Å². The van der Waals surface area contributed by atoms with Crippen molar-refractivity contribution in [1.29, 1.82) is 0 Å². The largest absolute Gasteiger partial charge is 0.456 e. The fourth-order valence-electron chi connectivity index (χ4n) is 9.37. The van der Waals surface area contributed by atoms with E-state index < -0.39 is 0 Å². The predicted octanol–water partition coefficient (Wildman–Crippen LogP) is 15.0. The summed E-state index contributed by atoms with van der Waals surface area (Å²) in [5.74, 6) is 0. The standard InChI is InChI=1S/C53H37NO/c1-53(2)45-23-12-10-21-42(45)50-44(33-36-17-6-7-18-38(36)52(50)53)40-31-32-46(41-20-9-8-19-39(40)41)54(37-29-27-35(28-30-37)34-15-4-3-5-16-34)47-24-14-26-49-51(47)43-22-11-13-25-48(43)55-49/h3-33H,1-2H3. The van der Waals surface area contributed by atoms with Gasteiger partial charge in [0.15, 0.2) is 0 Å². The zero-order valence-corrected chi connectivity index (χ0v) is 30.8. The molecule has 0 saturated heterocycles. The highest BCUT2D eigenvalue weighted by atomic mass is 16.3. The molecule has 10 aromatic rings. The summed E-state index contributed by atoms with van der Waals surface area (Å²) in [4.78, 5) is 2.43. The third kappa shape index (κ3) is 4.74. The highest BCUT2D eigenvalue weighted by Gasteiger charge is 2.38. The Balaban J connectivity index is 1.19. The fraction of sp³-hybridized carbons (Fsp3) is 0.0566. The molecular weight excluding hydrogens is 667 g/mol. The zero-order valence-electron chi connectivity index (χ0n) is 30.8. The SMILES string of the molecule is CC1(C)c2ccccc2-c2c(-c3ccc(N(c4ccc(-c5ccccc5)cc4)c4cccc5oc6ccccc6c45)c4ccccc34)cc3ccccc3c21. The molecule has 1 aliphatic carbocycles. The maximum absolute atomic E-state index is 6.45. The van der Waals surface area contributed by atoms with Crippen molar-refractivity contribution in [2.45, 2.75) is 19.3 Å². The lowest BCUT2D eigenvalue weighted by atomic mass is 9.79. The third-order valence-electron chi connectivity index (χ3n) is 11.8. The summed E-state index contributed by atoms with van der Waals surface area (Å²) in [5.41, 5.74) is 15.3. The lowest BCUT2D eigenvalue weighted by Gasteiger charge is -2.29. The second kappa shape index (κ2) is 12.1. The Bertz CT molecular complexity index is 3110. The van der Waals surface area contributed by atoms with Gasteiger partial charge in [-0.1, -0.05) is 159 Å². The first kappa shape index (κ1) is 31.6. The summed E-state index contributed by atoms with van der Waals surface area (Å²) < 4.78 is 6.45. The lowest BCUT2D eigenvalue weighted by Crippen LogP contribution is -2.15. The Kier molecular flexibility index (Phi) is 6.93. The van der Waals surface area contributed by atoms with Gasteiger partial charge >= 0.3 is 0 Å². The van der Waals surface area contributed by atoms with E-state index in [1.165, 1.54) is 66.1 Å². The number of anilines is 3. The molecule has 0 bridgehead atoms. The van der Waals surface area contributed by atoms with Crippen LogP contribution in [0.15, 0.2) is 192 Å². The summed E-state index contributed by atoms with van der Waals surface area (Å²) in [6.45, 7) is 4.77. The van der Waals surface area contributed by atoms with Crippen molar-refractivity contribution in [3.63, 3.8) is 0 Å². The van der Waals surface area contributed by atoms with E-state index in [-0.39, 0.29) is 5.41 Å². The van der Waals surface area contributed by atoms with Gasteiger partial charge in [0.05, 0.1) is 16.8 Å². The first-order valence-electron chi connectivity index (χ1n) is 19.1. The first-order chi connectivity index (χ1) is 27.1. The van der Waals surface area contributed by atoms with E-state index in [4.69, 9.17) is 4.42 Å². The van der Waals surface area contributed by atoms with E-state index in [1.807, 2.05) is 6.07 Å². The van der Waals surface area contributed by atoms with Crippen LogP contribution in [0.5, 0.6) is 0 Å². The minimum Gasteiger partial charge on any atom is -0.456 e. The van der Waals surface area contributed by atoms with Gasteiger partial charge in [-0.3, -0.25) is 0 Å². The van der Waals surface area contributed by atoms with Gasteiger partial charge in [0.1, 0.15) is 11.2 Å². The van der Waals surface area contributed by atoms with Crippen LogP contribution in [-0.4, -0.2) is 0 Å². The molecule has 0 aliphatic heterocycles. The summed E-state index contributed by atoms with van der Waals surface area (Å²) in [5, 5.41) is 7.20. The van der Waals surface area contributed by atoms with E-state index in [2.05, 4.69) is 201 Å². The number of rotatable bonds is 5. The highest BCUT2D eigenvalue weighted by Crippen LogP contribution is 2.56. The molecule has 2 heteroatoms. The van der Waals surface area contributed by atoms with E-state index in [1.54, 1.807) is 0 Å². The van der Waals surface area contributed by atoms with Crippen LogP contribution < -0.4 is 4.90 Å². The second-order valence-electron chi connectivity index (χ2n) is 15.2. The number of hydrogen-bond acceptors (Lipinski definition) is 2. The van der Waals surface area contributed by atoms with Crippen molar-refractivity contribution >= 4 is 60.5 Å². The minimum atomic E-state index is -0.133. The van der Waals surface area contributed by atoms with Crippen LogP contribution in [0.4, 0.5) is 17.1 Å². The van der Waals surface area contributed by atoms with E-state index >= 15 is 0 Å². The van der Waals surface area contributed by atoms with E-state index in [0.29, 0.717) is 0 Å². The number of furan rings is 1. The van der Waals surface area contributed by atoms with Crippen molar-refractivity contribution in [3.8, 4) is 33.4 Å². The number of para-hydroxylation sites is 1. The van der Waals surface area contributed by atoms with Crippen LogP contribution in [0.3, 0.4) is 0 Å². The van der Waals surface area contributed by atoms with Gasteiger partial charge in [-0.25, -0.2) is 0 Å². The Morgan fingerprint density at radius 1 is 0.436 bits per heavy atom. The molecule has 0 fully saturated rings. The van der Waals surface area contributed by atoms with Gasteiger partial charge in [-0.05, 0) is 103 Å². The molecule has 1 aliphatic rings. The molecule has 55 heavy (non-hydrogen) atoms. The van der Waals surface area contributed by atoms with Crippen molar-refractivity contribution in [2.24, 2.45) is 0 Å². The molecule has 0 spiro atoms. The highest BCUT2D eigenvalue weighted by molar-refractivity contribution is 6.16. The molecule has 9 aromatic carbocycles. The Labute approximate surface area is 320 Å². The van der Waals surface area contributed by atoms with Gasteiger partial charge in [0.2, 0.25) is 0 Å². The number of hydrogen-bond donors (Lipinski definition) is 0. The first-order valence-corrected chi connectivity index (χ1v) is 19.1. The molecule has 260 valence electrons. The molecular formula is C53H37NO. The maximum Gasteiger partial charge on any atom is 0.137 e. The molecule has 0 atom stereocenters. The molecule has 2 nitrogen and oxygen atoms in total. The zero-order chi connectivity index (χ0) is 36.7. The van der Waals surface area contributed by atoms with E-state index in [0.717, 1.165) is 39.0 Å². The molecule has 0 unspecified atom stereocenters. The van der Waals surface area contributed by atoms with Crippen molar-refractivity contribution in [2.75, 3.05) is 4.90 Å². The lowest BCUT2D eigenvalue weighted by molar-refractivity contribution is 0.666. The Morgan fingerprint density at radius 2 is 1.09 bits per heavy atom. The Hall–Kier alpha value is -6.90. The number of benzene rings is 9. The van der Waals surface area contributed by atoms with E-state index in [9.17, 15) is 0 Å². The quantitative estimate of drug-likeness (QED) is 0.177. The molecule has 1 aromatic heterocycles. The molecule has 0 amide bonds.